The van der Waals surface area contributed by atoms with Crippen LogP contribution in [0.3, 0.4) is 0 Å². The summed E-state index contributed by atoms with van der Waals surface area (Å²) in [5.74, 6) is 0.325. The Morgan fingerprint density at radius 2 is 2.26 bits per heavy atom. The molecule has 3 rings (SSSR count). The van der Waals surface area contributed by atoms with Crippen molar-refractivity contribution in [2.45, 2.75) is 44.2 Å². The molecule has 0 amide bonds. The molecule has 0 unspecified atom stereocenters. The number of aryl methyl sites for hydroxylation is 2. The van der Waals surface area contributed by atoms with Gasteiger partial charge in [0.15, 0.2) is 5.76 Å². The van der Waals surface area contributed by atoms with E-state index in [2.05, 4.69) is 5.16 Å². The van der Waals surface area contributed by atoms with Crippen molar-refractivity contribution in [3.8, 4) is 0 Å². The van der Waals surface area contributed by atoms with Crippen molar-refractivity contribution in [3.63, 3.8) is 0 Å². The van der Waals surface area contributed by atoms with E-state index in [-0.39, 0.29) is 11.0 Å². The molecule has 1 aliphatic rings. The lowest BCUT2D eigenvalue weighted by Gasteiger charge is -2.24. The van der Waals surface area contributed by atoms with Gasteiger partial charge in [0.1, 0.15) is 10.6 Å². The fourth-order valence-corrected chi connectivity index (χ4v) is 5.35. The number of sulfonamides is 1. The molecular formula is C15H20N2O4S2. The van der Waals surface area contributed by atoms with Crippen LogP contribution in [0.25, 0.3) is 0 Å². The lowest BCUT2D eigenvalue weighted by atomic mass is 10.2. The van der Waals surface area contributed by atoms with Gasteiger partial charge < -0.3 is 9.26 Å². The lowest BCUT2D eigenvalue weighted by Crippen LogP contribution is -2.37. The van der Waals surface area contributed by atoms with E-state index >= 15 is 0 Å². The van der Waals surface area contributed by atoms with E-state index < -0.39 is 10.0 Å². The third-order valence-corrected chi connectivity index (χ3v) is 6.83. The summed E-state index contributed by atoms with van der Waals surface area (Å²) in [4.78, 5) is 1.17. The van der Waals surface area contributed by atoms with Crippen LogP contribution < -0.4 is 0 Å². The van der Waals surface area contributed by atoms with Gasteiger partial charge in [-0.3, -0.25) is 0 Å². The predicted octanol–water partition coefficient (Wildman–Crippen LogP) is 2.72. The topological polar surface area (TPSA) is 72.6 Å². The van der Waals surface area contributed by atoms with E-state index in [4.69, 9.17) is 9.26 Å². The Kier molecular flexibility index (Phi) is 4.86. The number of nitrogens with zero attached hydrogens (tertiary/aromatic N) is 2. The molecular weight excluding hydrogens is 336 g/mol. The van der Waals surface area contributed by atoms with E-state index in [1.54, 1.807) is 25.2 Å². The Morgan fingerprint density at radius 1 is 1.43 bits per heavy atom. The molecule has 1 atom stereocenters. The van der Waals surface area contributed by atoms with Crippen molar-refractivity contribution in [2.75, 3.05) is 13.2 Å². The molecule has 0 radical (unpaired) electrons. The van der Waals surface area contributed by atoms with E-state index in [9.17, 15) is 8.42 Å². The molecule has 6 nitrogen and oxygen atoms in total. The van der Waals surface area contributed by atoms with E-state index in [1.165, 1.54) is 4.31 Å². The Balaban J connectivity index is 1.92. The van der Waals surface area contributed by atoms with Crippen LogP contribution in [0.15, 0.2) is 26.9 Å². The van der Waals surface area contributed by atoms with Crippen LogP contribution in [0.4, 0.5) is 0 Å². The monoisotopic (exact) mass is 356 g/mol. The molecule has 0 spiro atoms. The van der Waals surface area contributed by atoms with Gasteiger partial charge in [0.25, 0.3) is 0 Å². The van der Waals surface area contributed by atoms with Gasteiger partial charge in [-0.05, 0) is 38.1 Å². The van der Waals surface area contributed by atoms with E-state index in [1.807, 2.05) is 17.5 Å². The molecule has 0 bridgehead atoms. The summed E-state index contributed by atoms with van der Waals surface area (Å²) in [5.41, 5.74) is 0.394. The van der Waals surface area contributed by atoms with Gasteiger partial charge >= 0.3 is 0 Å². The molecule has 8 heteroatoms. The Bertz CT molecular complexity index is 727. The van der Waals surface area contributed by atoms with Gasteiger partial charge in [0.05, 0.1) is 6.10 Å². The minimum absolute atomic E-state index is 0.0507. The first-order valence-electron chi connectivity index (χ1n) is 7.55. The second-order valence-corrected chi connectivity index (χ2v) is 8.57. The maximum atomic E-state index is 13.1. The van der Waals surface area contributed by atoms with Gasteiger partial charge in [-0.25, -0.2) is 8.42 Å². The molecule has 1 aliphatic heterocycles. The highest BCUT2D eigenvalue weighted by molar-refractivity contribution is 7.89. The zero-order valence-electron chi connectivity index (χ0n) is 13.2. The highest BCUT2D eigenvalue weighted by atomic mass is 32.2. The number of hydrogen-bond donors (Lipinski definition) is 0. The summed E-state index contributed by atoms with van der Waals surface area (Å²) in [7, 11) is -3.68. The third kappa shape index (κ3) is 3.50. The van der Waals surface area contributed by atoms with Crippen LogP contribution in [0.1, 0.15) is 29.2 Å². The van der Waals surface area contributed by atoms with Gasteiger partial charge in [-0.15, -0.1) is 11.3 Å². The molecule has 0 saturated carbocycles. The second kappa shape index (κ2) is 6.72. The van der Waals surface area contributed by atoms with E-state index in [0.717, 1.165) is 17.7 Å². The molecule has 2 aromatic rings. The SMILES string of the molecule is Cc1noc(C)c1S(=O)(=O)N(Cc1cccs1)C[C@H]1CCCO1. The largest absolute Gasteiger partial charge is 0.377 e. The molecule has 0 aromatic carbocycles. The van der Waals surface area contributed by atoms with Crippen LogP contribution in [-0.2, 0) is 21.3 Å². The van der Waals surface area contributed by atoms with Crippen LogP contribution in [0.5, 0.6) is 0 Å². The maximum Gasteiger partial charge on any atom is 0.248 e. The molecule has 0 N–H and O–H groups in total. The summed E-state index contributed by atoms with van der Waals surface area (Å²) >= 11 is 1.54. The van der Waals surface area contributed by atoms with E-state index in [0.29, 0.717) is 31.2 Å². The average Bonchev–Trinajstić information content (AvgIpc) is 3.21. The Labute approximate surface area is 140 Å². The summed E-state index contributed by atoms with van der Waals surface area (Å²) < 4.78 is 38.4. The van der Waals surface area contributed by atoms with Crippen molar-refractivity contribution < 1.29 is 17.7 Å². The zero-order valence-corrected chi connectivity index (χ0v) is 14.8. The molecule has 23 heavy (non-hydrogen) atoms. The second-order valence-electron chi connectivity index (χ2n) is 5.67. The van der Waals surface area contributed by atoms with Gasteiger partial charge in [0, 0.05) is 24.6 Å². The fourth-order valence-electron chi connectivity index (χ4n) is 2.81. The number of aromatic nitrogens is 1. The molecule has 1 fully saturated rings. The molecule has 1 saturated heterocycles. The molecule has 2 aromatic heterocycles. The quantitative estimate of drug-likeness (QED) is 0.796. The minimum Gasteiger partial charge on any atom is -0.377 e. The van der Waals surface area contributed by atoms with Crippen LogP contribution in [-0.4, -0.2) is 37.1 Å². The first-order chi connectivity index (χ1) is 11.0. The highest BCUT2D eigenvalue weighted by Gasteiger charge is 2.33. The molecule has 0 aliphatic carbocycles. The first kappa shape index (κ1) is 16.6. The normalized spacial score (nSPS) is 18.8. The molecule has 3 heterocycles. The zero-order chi connectivity index (χ0) is 16.4. The summed E-state index contributed by atoms with van der Waals surface area (Å²) in [6, 6.07) is 3.86. The first-order valence-corrected chi connectivity index (χ1v) is 9.87. The predicted molar refractivity (Wildman–Crippen MR) is 86.9 cm³/mol. The van der Waals surface area contributed by atoms with Crippen molar-refractivity contribution in [3.05, 3.63) is 33.8 Å². The number of hydrogen-bond acceptors (Lipinski definition) is 6. The van der Waals surface area contributed by atoms with Gasteiger partial charge in [-0.1, -0.05) is 11.2 Å². The number of rotatable bonds is 6. The van der Waals surface area contributed by atoms with Gasteiger partial charge in [0.2, 0.25) is 10.0 Å². The smallest absolute Gasteiger partial charge is 0.248 e. The van der Waals surface area contributed by atoms with Crippen LogP contribution in [0, 0.1) is 13.8 Å². The van der Waals surface area contributed by atoms with Crippen molar-refractivity contribution in [1.82, 2.24) is 9.46 Å². The van der Waals surface area contributed by atoms with Crippen molar-refractivity contribution >= 4 is 21.4 Å². The minimum atomic E-state index is -3.68. The maximum absolute atomic E-state index is 13.1. The number of ether oxygens (including phenoxy) is 1. The summed E-state index contributed by atoms with van der Waals surface area (Å²) in [6.45, 7) is 4.66. The molecule has 126 valence electrons. The number of thiophene rings is 1. The van der Waals surface area contributed by atoms with Crippen molar-refractivity contribution in [1.29, 1.82) is 0 Å². The average molecular weight is 356 g/mol. The van der Waals surface area contributed by atoms with Crippen LogP contribution >= 0.6 is 11.3 Å². The van der Waals surface area contributed by atoms with Gasteiger partial charge in [-0.2, -0.15) is 4.31 Å². The highest BCUT2D eigenvalue weighted by Crippen LogP contribution is 2.27. The lowest BCUT2D eigenvalue weighted by molar-refractivity contribution is 0.0927. The standard InChI is InChI=1S/C15H20N2O4S2/c1-11-15(12(2)21-16-11)23(18,19)17(9-13-5-3-7-20-13)10-14-6-4-8-22-14/h4,6,8,13H,3,5,7,9-10H2,1-2H3/t13-/m1/s1. The van der Waals surface area contributed by atoms with Crippen LogP contribution in [0.2, 0.25) is 0 Å². The Hall–Kier alpha value is -1.22. The van der Waals surface area contributed by atoms with Crippen molar-refractivity contribution in [2.24, 2.45) is 0 Å². The fraction of sp³-hybridized carbons (Fsp3) is 0.533. The third-order valence-electron chi connectivity index (χ3n) is 3.91. The Morgan fingerprint density at radius 3 is 2.83 bits per heavy atom. The summed E-state index contributed by atoms with van der Waals surface area (Å²) in [5, 5.41) is 5.73. The summed E-state index contributed by atoms with van der Waals surface area (Å²) in [6.07, 6.45) is 1.81.